The Bertz CT molecular complexity index is 449. The van der Waals surface area contributed by atoms with Crippen LogP contribution in [0.5, 0.6) is 0 Å². The first-order chi connectivity index (χ1) is 8.45. The van der Waals surface area contributed by atoms with E-state index >= 15 is 0 Å². The molecule has 1 unspecified atom stereocenters. The number of pyridine rings is 1. The molecule has 0 radical (unpaired) electrons. The molecule has 5 nitrogen and oxygen atoms in total. The van der Waals surface area contributed by atoms with Gasteiger partial charge in [-0.3, -0.25) is 9.78 Å². The fourth-order valence-electron chi connectivity index (χ4n) is 1.45. The third-order valence-electron chi connectivity index (χ3n) is 2.62. The Hall–Kier alpha value is -1.69. The van der Waals surface area contributed by atoms with E-state index in [4.69, 9.17) is 18.0 Å². The van der Waals surface area contributed by atoms with E-state index in [-0.39, 0.29) is 16.9 Å². The van der Waals surface area contributed by atoms with Gasteiger partial charge in [0, 0.05) is 25.5 Å². The normalized spacial score (nSPS) is 11.7. The van der Waals surface area contributed by atoms with Gasteiger partial charge in [-0.15, -0.1) is 0 Å². The van der Waals surface area contributed by atoms with Gasteiger partial charge in [0.25, 0.3) is 0 Å². The van der Waals surface area contributed by atoms with E-state index in [0.29, 0.717) is 12.2 Å². The lowest BCUT2D eigenvalue weighted by molar-refractivity contribution is -0.130. The molecule has 0 aromatic carbocycles. The molecule has 6 heteroatoms. The van der Waals surface area contributed by atoms with Crippen molar-refractivity contribution in [3.8, 4) is 0 Å². The summed E-state index contributed by atoms with van der Waals surface area (Å²) in [4.78, 5) is 17.8. The first kappa shape index (κ1) is 14.4. The molecule has 0 aliphatic rings. The summed E-state index contributed by atoms with van der Waals surface area (Å²) in [5.41, 5.74) is 6.83. The summed E-state index contributed by atoms with van der Waals surface area (Å²) in [6.07, 6.45) is 1.61. The van der Waals surface area contributed by atoms with Gasteiger partial charge in [0.15, 0.2) is 0 Å². The van der Waals surface area contributed by atoms with Crippen molar-refractivity contribution in [1.82, 2.24) is 9.88 Å². The number of rotatable bonds is 5. The zero-order valence-electron chi connectivity index (χ0n) is 10.8. The number of nitrogens with two attached hydrogens (primary N) is 1. The van der Waals surface area contributed by atoms with Crippen molar-refractivity contribution in [3.63, 3.8) is 0 Å². The van der Waals surface area contributed by atoms with E-state index in [1.165, 1.54) is 0 Å². The number of hydrogen-bond acceptors (Lipinski definition) is 4. The van der Waals surface area contributed by atoms with Gasteiger partial charge >= 0.3 is 0 Å². The van der Waals surface area contributed by atoms with Crippen LogP contribution in [0.15, 0.2) is 18.3 Å². The number of amides is 1. The van der Waals surface area contributed by atoms with Crippen LogP contribution in [0.25, 0.3) is 0 Å². The van der Waals surface area contributed by atoms with Crippen LogP contribution in [0, 0.1) is 0 Å². The predicted molar refractivity (Wildman–Crippen MR) is 76.5 cm³/mol. The number of carbonyl (C=O) groups is 1. The van der Waals surface area contributed by atoms with Crippen LogP contribution in [-0.2, 0) is 4.79 Å². The molecule has 1 aromatic rings. The second-order valence-electron chi connectivity index (χ2n) is 4.01. The van der Waals surface area contributed by atoms with Crippen molar-refractivity contribution in [3.05, 3.63) is 24.0 Å². The SMILES string of the molecule is CCN(C)C(=O)C(C)Nc1ccnc(C(N)=S)c1. The van der Waals surface area contributed by atoms with Crippen LogP contribution in [0.1, 0.15) is 19.5 Å². The number of aromatic nitrogens is 1. The Morgan fingerprint density at radius 1 is 1.67 bits per heavy atom. The van der Waals surface area contributed by atoms with Gasteiger partial charge in [-0.2, -0.15) is 0 Å². The molecule has 3 N–H and O–H groups in total. The van der Waals surface area contributed by atoms with Crippen molar-refractivity contribution < 1.29 is 4.79 Å². The van der Waals surface area contributed by atoms with Gasteiger partial charge in [0.05, 0.1) is 5.69 Å². The minimum Gasteiger partial charge on any atom is -0.388 e. The van der Waals surface area contributed by atoms with E-state index in [2.05, 4.69) is 10.3 Å². The molecule has 1 heterocycles. The maximum absolute atomic E-state index is 11.9. The second-order valence-corrected chi connectivity index (χ2v) is 4.45. The topological polar surface area (TPSA) is 71.2 Å². The number of carbonyl (C=O) groups excluding carboxylic acids is 1. The van der Waals surface area contributed by atoms with Crippen LogP contribution in [0.3, 0.4) is 0 Å². The molecule has 0 aliphatic carbocycles. The number of hydrogen-bond donors (Lipinski definition) is 2. The summed E-state index contributed by atoms with van der Waals surface area (Å²) >= 11 is 4.86. The highest BCUT2D eigenvalue weighted by atomic mass is 32.1. The fraction of sp³-hybridized carbons (Fsp3) is 0.417. The summed E-state index contributed by atoms with van der Waals surface area (Å²) in [7, 11) is 1.77. The summed E-state index contributed by atoms with van der Waals surface area (Å²) in [6.45, 7) is 4.43. The quantitative estimate of drug-likeness (QED) is 0.778. The van der Waals surface area contributed by atoms with Gasteiger partial charge in [-0.25, -0.2) is 0 Å². The number of thiocarbonyl (C=S) groups is 1. The number of nitrogens with zero attached hydrogens (tertiary/aromatic N) is 2. The van der Waals surface area contributed by atoms with Gasteiger partial charge in [0.2, 0.25) is 5.91 Å². The van der Waals surface area contributed by atoms with Gasteiger partial charge in [-0.05, 0) is 26.0 Å². The van der Waals surface area contributed by atoms with Crippen LogP contribution in [-0.4, -0.2) is 40.4 Å². The highest BCUT2D eigenvalue weighted by Gasteiger charge is 2.16. The van der Waals surface area contributed by atoms with E-state index in [9.17, 15) is 4.79 Å². The molecule has 98 valence electrons. The lowest BCUT2D eigenvalue weighted by Crippen LogP contribution is -2.38. The maximum Gasteiger partial charge on any atom is 0.244 e. The fourth-order valence-corrected chi connectivity index (χ4v) is 1.56. The molecular weight excluding hydrogens is 248 g/mol. The van der Waals surface area contributed by atoms with Crippen LogP contribution in [0.4, 0.5) is 5.69 Å². The summed E-state index contributed by atoms with van der Waals surface area (Å²) < 4.78 is 0. The van der Waals surface area contributed by atoms with Crippen LogP contribution < -0.4 is 11.1 Å². The van der Waals surface area contributed by atoms with Crippen molar-refractivity contribution in [1.29, 1.82) is 0 Å². The molecule has 1 atom stereocenters. The van der Waals surface area contributed by atoms with E-state index in [1.807, 2.05) is 13.8 Å². The van der Waals surface area contributed by atoms with Gasteiger partial charge in [-0.1, -0.05) is 12.2 Å². The highest BCUT2D eigenvalue weighted by molar-refractivity contribution is 7.80. The molecule has 1 rings (SSSR count). The molecule has 18 heavy (non-hydrogen) atoms. The molecule has 1 aromatic heterocycles. The van der Waals surface area contributed by atoms with E-state index < -0.39 is 0 Å². The maximum atomic E-state index is 11.9. The molecule has 0 saturated carbocycles. The van der Waals surface area contributed by atoms with E-state index in [0.717, 1.165) is 5.69 Å². The predicted octanol–water partition coefficient (Wildman–Crippen LogP) is 0.994. The Labute approximate surface area is 112 Å². The Morgan fingerprint density at radius 2 is 2.33 bits per heavy atom. The molecule has 0 bridgehead atoms. The number of nitrogens with one attached hydrogen (secondary N) is 1. The molecule has 0 saturated heterocycles. The smallest absolute Gasteiger partial charge is 0.244 e. The molecule has 0 fully saturated rings. The third kappa shape index (κ3) is 3.66. The summed E-state index contributed by atoms with van der Waals surface area (Å²) in [6, 6.07) is 3.20. The second kappa shape index (κ2) is 6.30. The largest absolute Gasteiger partial charge is 0.388 e. The van der Waals surface area contributed by atoms with Gasteiger partial charge < -0.3 is 16.0 Å². The molecule has 0 aliphatic heterocycles. The monoisotopic (exact) mass is 266 g/mol. The summed E-state index contributed by atoms with van der Waals surface area (Å²) in [5.74, 6) is 0.0335. The standard InChI is InChI=1S/C12H18N4OS/c1-4-16(3)12(17)8(2)15-9-5-6-14-10(7-9)11(13)18/h5-8H,4H2,1-3H3,(H2,13,18)(H,14,15). The van der Waals surface area contributed by atoms with Crippen molar-refractivity contribution >= 4 is 28.8 Å². The van der Waals surface area contributed by atoms with Crippen molar-refractivity contribution in [2.75, 3.05) is 18.9 Å². The molecule has 0 spiro atoms. The first-order valence-corrected chi connectivity index (χ1v) is 6.14. The Kier molecular flexibility index (Phi) is 5.03. The molecule has 1 amide bonds. The average Bonchev–Trinajstić information content (AvgIpc) is 2.37. The number of anilines is 1. The minimum atomic E-state index is -0.309. The number of likely N-dealkylation sites (N-methyl/N-ethyl adjacent to an activating group) is 1. The van der Waals surface area contributed by atoms with Gasteiger partial charge in [0.1, 0.15) is 11.0 Å². The zero-order valence-corrected chi connectivity index (χ0v) is 11.6. The third-order valence-corrected chi connectivity index (χ3v) is 2.83. The lowest BCUT2D eigenvalue weighted by atomic mass is 10.2. The van der Waals surface area contributed by atoms with Crippen molar-refractivity contribution in [2.24, 2.45) is 5.73 Å². The molecular formula is C12H18N4OS. The van der Waals surface area contributed by atoms with Crippen molar-refractivity contribution in [2.45, 2.75) is 19.9 Å². The summed E-state index contributed by atoms with van der Waals surface area (Å²) in [5, 5.41) is 3.11. The Morgan fingerprint density at radius 3 is 2.89 bits per heavy atom. The van der Waals surface area contributed by atoms with Crippen LogP contribution >= 0.6 is 12.2 Å². The first-order valence-electron chi connectivity index (χ1n) is 5.73. The Balaban J connectivity index is 2.75. The average molecular weight is 266 g/mol. The lowest BCUT2D eigenvalue weighted by Gasteiger charge is -2.21. The zero-order chi connectivity index (χ0) is 13.7. The highest BCUT2D eigenvalue weighted by Crippen LogP contribution is 2.10. The minimum absolute atomic E-state index is 0.0335. The van der Waals surface area contributed by atoms with Crippen LogP contribution in [0.2, 0.25) is 0 Å². The van der Waals surface area contributed by atoms with E-state index in [1.54, 1.807) is 30.3 Å².